The Morgan fingerprint density at radius 2 is 2.12 bits per heavy atom. The molecule has 96 valence electrons. The van der Waals surface area contributed by atoms with Crippen LogP contribution in [0.5, 0.6) is 5.75 Å². The summed E-state index contributed by atoms with van der Waals surface area (Å²) in [5, 5.41) is 3.40. The van der Waals surface area contributed by atoms with Crippen molar-refractivity contribution in [2.45, 2.75) is 39.2 Å². The molecular formula is C14H22FNO. The highest BCUT2D eigenvalue weighted by atomic mass is 19.1. The van der Waals surface area contributed by atoms with E-state index in [-0.39, 0.29) is 5.82 Å². The van der Waals surface area contributed by atoms with Gasteiger partial charge in [0, 0.05) is 6.04 Å². The number of benzene rings is 1. The number of nitrogens with one attached hydrogen (secondary N) is 1. The Balaban J connectivity index is 2.62. The van der Waals surface area contributed by atoms with Crippen LogP contribution >= 0.6 is 0 Å². The number of halogens is 1. The second kappa shape index (κ2) is 7.28. The normalized spacial score (nSPS) is 12.5. The molecule has 0 aliphatic rings. The van der Waals surface area contributed by atoms with Gasteiger partial charge < -0.3 is 10.1 Å². The zero-order valence-electron chi connectivity index (χ0n) is 10.9. The number of hydrogen-bond donors (Lipinski definition) is 1. The van der Waals surface area contributed by atoms with Gasteiger partial charge >= 0.3 is 0 Å². The Morgan fingerprint density at radius 1 is 1.35 bits per heavy atom. The van der Waals surface area contributed by atoms with E-state index in [0.29, 0.717) is 11.8 Å². The molecule has 0 radical (unpaired) electrons. The van der Waals surface area contributed by atoms with Gasteiger partial charge in [-0.05, 0) is 37.4 Å². The van der Waals surface area contributed by atoms with Gasteiger partial charge in [-0.3, -0.25) is 0 Å². The molecule has 1 rings (SSSR count). The monoisotopic (exact) mass is 239 g/mol. The summed E-state index contributed by atoms with van der Waals surface area (Å²) >= 11 is 0. The van der Waals surface area contributed by atoms with E-state index in [1.54, 1.807) is 6.07 Å². The van der Waals surface area contributed by atoms with E-state index in [1.165, 1.54) is 7.11 Å². The molecule has 1 unspecified atom stereocenters. The van der Waals surface area contributed by atoms with Crippen molar-refractivity contribution in [2.24, 2.45) is 0 Å². The van der Waals surface area contributed by atoms with E-state index in [4.69, 9.17) is 4.74 Å². The highest BCUT2D eigenvalue weighted by Crippen LogP contribution is 2.21. The molecule has 0 aliphatic carbocycles. The highest BCUT2D eigenvalue weighted by molar-refractivity contribution is 5.31. The maximum absolute atomic E-state index is 13.9. The maximum Gasteiger partial charge on any atom is 0.168 e. The van der Waals surface area contributed by atoms with Crippen molar-refractivity contribution in [3.05, 3.63) is 29.6 Å². The number of ether oxygens (including phenoxy) is 1. The molecule has 3 heteroatoms. The summed E-state index contributed by atoms with van der Waals surface area (Å²) in [6.07, 6.45) is 2.77. The standard InChI is InChI=1S/C14H22FNO/c1-4-12(16-5-2)10-9-11-7-6-8-13(17-3)14(11)15/h6-8,12,16H,4-5,9-10H2,1-3H3. The van der Waals surface area contributed by atoms with E-state index in [1.807, 2.05) is 12.1 Å². The summed E-state index contributed by atoms with van der Waals surface area (Å²) in [4.78, 5) is 0. The van der Waals surface area contributed by atoms with Gasteiger partial charge in [-0.2, -0.15) is 0 Å². The molecule has 1 aromatic carbocycles. The molecule has 0 bridgehead atoms. The first-order valence-electron chi connectivity index (χ1n) is 6.27. The van der Waals surface area contributed by atoms with Gasteiger partial charge in [0.1, 0.15) is 0 Å². The van der Waals surface area contributed by atoms with Gasteiger partial charge in [0.05, 0.1) is 7.11 Å². The summed E-state index contributed by atoms with van der Waals surface area (Å²) in [5.41, 5.74) is 0.737. The van der Waals surface area contributed by atoms with Gasteiger partial charge in [0.15, 0.2) is 11.6 Å². The third-order valence-corrected chi connectivity index (χ3v) is 3.01. The Kier molecular flexibility index (Phi) is 5.98. The van der Waals surface area contributed by atoms with Gasteiger partial charge in [0.2, 0.25) is 0 Å². The fraction of sp³-hybridized carbons (Fsp3) is 0.571. The molecule has 0 amide bonds. The summed E-state index contributed by atoms with van der Waals surface area (Å²) in [6, 6.07) is 5.79. The van der Waals surface area contributed by atoms with Crippen LogP contribution < -0.4 is 10.1 Å². The molecule has 0 fully saturated rings. The Bertz CT molecular complexity index is 341. The first-order chi connectivity index (χ1) is 8.22. The van der Waals surface area contributed by atoms with Crippen LogP contribution in [0.3, 0.4) is 0 Å². The minimum Gasteiger partial charge on any atom is -0.494 e. The Hall–Kier alpha value is -1.09. The van der Waals surface area contributed by atoms with Crippen LogP contribution in [0.2, 0.25) is 0 Å². The summed E-state index contributed by atoms with van der Waals surface area (Å²) in [6.45, 7) is 5.20. The van der Waals surface area contributed by atoms with E-state index < -0.39 is 0 Å². The first kappa shape index (κ1) is 14.0. The molecule has 17 heavy (non-hydrogen) atoms. The molecule has 0 aliphatic heterocycles. The van der Waals surface area contributed by atoms with E-state index >= 15 is 0 Å². The third kappa shape index (κ3) is 4.00. The highest BCUT2D eigenvalue weighted by Gasteiger charge is 2.10. The molecule has 1 atom stereocenters. The van der Waals surface area contributed by atoms with Crippen LogP contribution in [0.4, 0.5) is 4.39 Å². The quantitative estimate of drug-likeness (QED) is 0.789. The fourth-order valence-electron chi connectivity index (χ4n) is 1.98. The minimum atomic E-state index is -0.221. The van der Waals surface area contributed by atoms with Gasteiger partial charge in [-0.25, -0.2) is 4.39 Å². The van der Waals surface area contributed by atoms with Gasteiger partial charge in [-0.1, -0.05) is 26.0 Å². The summed E-state index contributed by atoms with van der Waals surface area (Å²) in [7, 11) is 1.50. The van der Waals surface area contributed by atoms with Gasteiger partial charge in [0.25, 0.3) is 0 Å². The Labute approximate surface area is 103 Å². The smallest absolute Gasteiger partial charge is 0.168 e. The predicted molar refractivity (Wildman–Crippen MR) is 69.0 cm³/mol. The topological polar surface area (TPSA) is 21.3 Å². The lowest BCUT2D eigenvalue weighted by molar-refractivity contribution is 0.382. The van der Waals surface area contributed by atoms with Crippen molar-refractivity contribution in [1.82, 2.24) is 5.32 Å². The van der Waals surface area contributed by atoms with E-state index in [9.17, 15) is 4.39 Å². The molecule has 2 nitrogen and oxygen atoms in total. The van der Waals surface area contributed by atoms with Crippen molar-refractivity contribution in [3.63, 3.8) is 0 Å². The van der Waals surface area contributed by atoms with Crippen LogP contribution in [-0.4, -0.2) is 19.7 Å². The number of aryl methyl sites for hydroxylation is 1. The summed E-state index contributed by atoms with van der Waals surface area (Å²) in [5.74, 6) is 0.111. The summed E-state index contributed by atoms with van der Waals surface area (Å²) < 4.78 is 18.8. The minimum absolute atomic E-state index is 0.221. The van der Waals surface area contributed by atoms with Crippen LogP contribution in [0.15, 0.2) is 18.2 Å². The SMILES string of the molecule is CCNC(CC)CCc1cccc(OC)c1F. The molecule has 0 spiro atoms. The van der Waals surface area contributed by atoms with Crippen LogP contribution in [0, 0.1) is 5.82 Å². The van der Waals surface area contributed by atoms with Crippen molar-refractivity contribution < 1.29 is 9.13 Å². The second-order valence-corrected chi connectivity index (χ2v) is 4.13. The molecular weight excluding hydrogens is 217 g/mol. The molecule has 0 saturated heterocycles. The maximum atomic E-state index is 13.9. The molecule has 0 saturated carbocycles. The van der Waals surface area contributed by atoms with Crippen molar-refractivity contribution in [2.75, 3.05) is 13.7 Å². The molecule has 0 aromatic heterocycles. The molecule has 1 N–H and O–H groups in total. The Morgan fingerprint density at radius 3 is 2.71 bits per heavy atom. The van der Waals surface area contributed by atoms with Crippen LogP contribution in [0.25, 0.3) is 0 Å². The fourth-order valence-corrected chi connectivity index (χ4v) is 1.98. The average Bonchev–Trinajstić information content (AvgIpc) is 2.36. The number of hydrogen-bond acceptors (Lipinski definition) is 2. The van der Waals surface area contributed by atoms with Crippen molar-refractivity contribution in [1.29, 1.82) is 0 Å². The van der Waals surface area contributed by atoms with E-state index in [2.05, 4.69) is 19.2 Å². The second-order valence-electron chi connectivity index (χ2n) is 4.13. The van der Waals surface area contributed by atoms with Crippen molar-refractivity contribution in [3.8, 4) is 5.75 Å². The largest absolute Gasteiger partial charge is 0.494 e. The predicted octanol–water partition coefficient (Wildman–Crippen LogP) is 3.16. The molecule has 1 aromatic rings. The van der Waals surface area contributed by atoms with Gasteiger partial charge in [-0.15, -0.1) is 0 Å². The average molecular weight is 239 g/mol. The lowest BCUT2D eigenvalue weighted by atomic mass is 10.0. The zero-order chi connectivity index (χ0) is 12.7. The lowest BCUT2D eigenvalue weighted by Crippen LogP contribution is -2.28. The van der Waals surface area contributed by atoms with E-state index in [0.717, 1.165) is 31.4 Å². The third-order valence-electron chi connectivity index (χ3n) is 3.01. The van der Waals surface area contributed by atoms with Crippen LogP contribution in [0.1, 0.15) is 32.3 Å². The zero-order valence-corrected chi connectivity index (χ0v) is 10.9. The van der Waals surface area contributed by atoms with Crippen LogP contribution in [-0.2, 0) is 6.42 Å². The molecule has 0 heterocycles. The number of methoxy groups -OCH3 is 1. The lowest BCUT2D eigenvalue weighted by Gasteiger charge is -2.16. The van der Waals surface area contributed by atoms with Crippen molar-refractivity contribution >= 4 is 0 Å². The number of rotatable bonds is 7. The first-order valence-corrected chi connectivity index (χ1v) is 6.27.